The number of halogens is 2. The minimum Gasteiger partial charge on any atom is -0.449 e. The number of hydrogen-bond acceptors (Lipinski definition) is 12. The number of aliphatic imine (C=N–C) groups is 3. The monoisotopic (exact) mass is 684 g/mol. The van der Waals surface area contributed by atoms with E-state index in [-0.39, 0.29) is 54.2 Å². The summed E-state index contributed by atoms with van der Waals surface area (Å²) < 4.78 is 44.1. The van der Waals surface area contributed by atoms with Crippen molar-refractivity contribution < 1.29 is 33.3 Å². The maximum atomic E-state index is 17.2. The highest BCUT2D eigenvalue weighted by atomic mass is 19.1. The number of fused-ring (bicyclic) bond motifs is 7. The molecule has 1 aromatic rings. The number of carbonyl (C=O) groups is 1. The number of hydrazine groups is 1. The number of aryl methyl sites for hydroxylation is 1. The molecule has 1 amide bonds. The Bertz CT molecular complexity index is 1580. The van der Waals surface area contributed by atoms with Crippen molar-refractivity contribution in [3.05, 3.63) is 45.5 Å². The number of piperidine rings is 1. The van der Waals surface area contributed by atoms with Gasteiger partial charge in [-0.1, -0.05) is 6.92 Å². The number of amides is 1. The molecule has 0 radical (unpaired) electrons. The highest BCUT2D eigenvalue weighted by Crippen LogP contribution is 2.41. The fourth-order valence-electron chi connectivity index (χ4n) is 7.30. The Balaban J connectivity index is 1.47. The van der Waals surface area contributed by atoms with E-state index in [0.717, 1.165) is 22.4 Å². The third kappa shape index (κ3) is 7.26. The molecule has 4 bridgehead atoms. The average molecular weight is 685 g/mol. The van der Waals surface area contributed by atoms with Crippen LogP contribution in [0, 0.1) is 12.8 Å². The van der Waals surface area contributed by atoms with E-state index < -0.39 is 30.3 Å². The first kappa shape index (κ1) is 35.1. The Morgan fingerprint density at radius 2 is 2.02 bits per heavy atom. The van der Waals surface area contributed by atoms with Gasteiger partial charge in [0.15, 0.2) is 11.5 Å². The maximum Gasteiger partial charge on any atom is 0.407 e. The molecule has 2 unspecified atom stereocenters. The molecule has 0 aromatic heterocycles. The molecule has 0 saturated carbocycles. The Morgan fingerprint density at radius 1 is 1.24 bits per heavy atom. The molecule has 7 rings (SSSR count). The largest absolute Gasteiger partial charge is 0.449 e. The van der Waals surface area contributed by atoms with Gasteiger partial charge in [0.25, 0.3) is 0 Å². The molecular weight excluding hydrogens is 638 g/mol. The van der Waals surface area contributed by atoms with Gasteiger partial charge in [0.1, 0.15) is 24.0 Å². The van der Waals surface area contributed by atoms with Gasteiger partial charge in [-0.25, -0.2) is 24.0 Å². The minimum atomic E-state index is -3.16. The van der Waals surface area contributed by atoms with E-state index in [1.165, 1.54) is 6.21 Å². The number of allylic oxidation sites excluding steroid dienone is 2. The smallest absolute Gasteiger partial charge is 0.407 e. The predicted molar refractivity (Wildman–Crippen MR) is 182 cm³/mol. The van der Waals surface area contributed by atoms with Crippen molar-refractivity contribution in [3.8, 4) is 0 Å². The van der Waals surface area contributed by atoms with E-state index in [9.17, 15) is 15.0 Å². The second-order valence-electron chi connectivity index (χ2n) is 13.5. The number of nitrogens with one attached hydrogen (secondary N) is 4. The fraction of sp³-hybridized carbons (Fsp3) is 0.588. The second kappa shape index (κ2) is 14.6. The molecule has 0 spiro atoms. The van der Waals surface area contributed by atoms with Crippen LogP contribution < -0.4 is 21.5 Å². The lowest BCUT2D eigenvalue weighted by molar-refractivity contribution is -0.396. The lowest BCUT2D eigenvalue weighted by Crippen LogP contribution is -2.54. The number of nitrogens with zero attached hydrogens (tertiary/aromatic N) is 4. The number of alkyl carbamates (subject to hydrolysis) is 1. The van der Waals surface area contributed by atoms with Crippen molar-refractivity contribution in [2.45, 2.75) is 83.0 Å². The van der Waals surface area contributed by atoms with E-state index in [1.807, 2.05) is 24.8 Å². The van der Waals surface area contributed by atoms with Gasteiger partial charge in [-0.15, -0.1) is 0 Å². The zero-order chi connectivity index (χ0) is 34.8. The number of aliphatic hydroxyl groups is 2. The number of anilines is 1. The van der Waals surface area contributed by atoms with Gasteiger partial charge in [0.2, 0.25) is 0 Å². The van der Waals surface area contributed by atoms with Crippen LogP contribution in [0.4, 0.5) is 19.3 Å². The van der Waals surface area contributed by atoms with Crippen LogP contribution in [-0.2, 0) is 22.4 Å². The molecule has 0 aliphatic carbocycles. The quantitative estimate of drug-likeness (QED) is 0.202. The molecule has 6 aliphatic rings. The Kier molecular flexibility index (Phi) is 10.5. The van der Waals surface area contributed by atoms with Crippen molar-refractivity contribution in [2.75, 3.05) is 44.9 Å². The third-order valence-electron chi connectivity index (χ3n) is 9.89. The maximum absolute atomic E-state index is 17.2. The lowest BCUT2D eigenvalue weighted by atomic mass is 9.86. The first-order chi connectivity index (χ1) is 23.5. The molecule has 2 fully saturated rings. The van der Waals surface area contributed by atoms with Gasteiger partial charge in [-0.05, 0) is 94.8 Å². The van der Waals surface area contributed by atoms with Crippen LogP contribution in [-0.4, -0.2) is 97.1 Å². The van der Waals surface area contributed by atoms with Crippen LogP contribution in [0.3, 0.4) is 0 Å². The molecule has 15 heteroatoms. The normalized spacial score (nSPS) is 27.1. The first-order valence-electron chi connectivity index (χ1n) is 17.0. The highest BCUT2D eigenvalue weighted by Gasteiger charge is 2.51. The first-order valence-corrected chi connectivity index (χ1v) is 17.0. The summed E-state index contributed by atoms with van der Waals surface area (Å²) in [4.78, 5) is 28.1. The summed E-state index contributed by atoms with van der Waals surface area (Å²) in [6.45, 7) is 9.42. The summed E-state index contributed by atoms with van der Waals surface area (Å²) >= 11 is 0. The predicted octanol–water partition coefficient (Wildman–Crippen LogP) is 3.37. The van der Waals surface area contributed by atoms with Gasteiger partial charge < -0.3 is 40.6 Å². The number of alkyl halides is 1. The molecule has 6 N–H and O–H groups in total. The Hall–Kier alpha value is -3.76. The molecular formula is C34H46F2N8O5. The van der Waals surface area contributed by atoms with Crippen LogP contribution in [0.25, 0.3) is 5.70 Å². The standard InChI is InChI=1S/C34H46F2N8O5/c1-20-13-23-21(2)14-26-24(16-41-43-26)27(23)30-28(35)29(40-19-49-34(46,47)33(36)8-5-10-38-11-6-9-33)25(15-39-30)31(37-3)44-12-4-7-22(17-44)42-32(45)48-18-20/h14-15,20,22,38,41,43,46-47H,3-13,16-19H2,1-2H3,(H,42,45)/b31-25+,40-29+. The summed E-state index contributed by atoms with van der Waals surface area (Å²) in [5, 5.41) is 27.8. The van der Waals surface area contributed by atoms with E-state index in [1.54, 1.807) is 0 Å². The fourth-order valence-corrected chi connectivity index (χ4v) is 7.30. The van der Waals surface area contributed by atoms with Crippen LogP contribution >= 0.6 is 0 Å². The van der Waals surface area contributed by atoms with Crippen molar-refractivity contribution in [1.82, 2.24) is 21.0 Å². The van der Waals surface area contributed by atoms with Gasteiger partial charge in [0.05, 0.1) is 17.9 Å². The van der Waals surface area contributed by atoms with Gasteiger partial charge in [-0.2, -0.15) is 0 Å². The van der Waals surface area contributed by atoms with Crippen LogP contribution in [0.1, 0.15) is 67.7 Å². The molecule has 2 saturated heterocycles. The van der Waals surface area contributed by atoms with Gasteiger partial charge >= 0.3 is 12.1 Å². The van der Waals surface area contributed by atoms with Crippen molar-refractivity contribution in [1.29, 1.82) is 0 Å². The van der Waals surface area contributed by atoms with Crippen LogP contribution in [0.5, 0.6) is 0 Å². The topological polar surface area (TPSA) is 164 Å². The molecule has 1 aromatic carbocycles. The molecule has 2 atom stereocenters. The van der Waals surface area contributed by atoms with Gasteiger partial charge in [0, 0.05) is 43.0 Å². The van der Waals surface area contributed by atoms with Crippen molar-refractivity contribution >= 4 is 36.1 Å². The zero-order valence-electron chi connectivity index (χ0n) is 28.1. The van der Waals surface area contributed by atoms with Crippen molar-refractivity contribution in [2.24, 2.45) is 20.9 Å². The number of ether oxygens (including phenoxy) is 2. The van der Waals surface area contributed by atoms with Crippen molar-refractivity contribution in [3.63, 3.8) is 0 Å². The number of benzene rings is 1. The summed E-state index contributed by atoms with van der Waals surface area (Å²) in [5.74, 6) is -3.75. The zero-order valence-corrected chi connectivity index (χ0v) is 28.1. The number of rotatable bonds is 5. The molecule has 6 aliphatic heterocycles. The average Bonchev–Trinajstić information content (AvgIpc) is 3.52. The van der Waals surface area contributed by atoms with E-state index in [0.29, 0.717) is 70.4 Å². The Morgan fingerprint density at radius 3 is 2.78 bits per heavy atom. The SMILES string of the molecule is C=N/C1=C2/C=NC(=C(F)/C2=N/COC(O)(O)C2(F)CCCNCCC2)c2c(c(C)cc3c2CNN3)CC(C)COC(=O)NC2CCCN1C2. The summed E-state index contributed by atoms with van der Waals surface area (Å²) in [5.41, 5.74) is 7.75. The Labute approximate surface area is 284 Å². The van der Waals surface area contributed by atoms with Crippen LogP contribution in [0.2, 0.25) is 0 Å². The second-order valence-corrected chi connectivity index (χ2v) is 13.5. The van der Waals surface area contributed by atoms with E-state index in [4.69, 9.17) is 9.47 Å². The number of carbonyl (C=O) groups excluding carboxylic acids is 1. The molecule has 266 valence electrons. The minimum absolute atomic E-state index is 0.0366. The lowest BCUT2D eigenvalue weighted by Gasteiger charge is -2.37. The highest BCUT2D eigenvalue weighted by molar-refractivity contribution is 6.28. The van der Waals surface area contributed by atoms with E-state index in [2.05, 4.69) is 43.2 Å². The van der Waals surface area contributed by atoms with Gasteiger partial charge in [-0.3, -0.25) is 9.98 Å². The summed E-state index contributed by atoms with van der Waals surface area (Å²) in [6, 6.07) is 1.72. The van der Waals surface area contributed by atoms with E-state index >= 15 is 8.78 Å². The number of hydrogen-bond donors (Lipinski definition) is 6. The molecule has 13 nitrogen and oxygen atoms in total. The van der Waals surface area contributed by atoms with Crippen LogP contribution in [0.15, 0.2) is 38.3 Å². The molecule has 6 heterocycles. The summed E-state index contributed by atoms with van der Waals surface area (Å²) in [7, 11) is 0. The summed E-state index contributed by atoms with van der Waals surface area (Å²) in [6.07, 6.45) is 3.34. The molecule has 49 heavy (non-hydrogen) atoms. The third-order valence-corrected chi connectivity index (χ3v) is 9.89.